The van der Waals surface area contributed by atoms with E-state index >= 15 is 0 Å². The van der Waals surface area contributed by atoms with E-state index in [1.807, 2.05) is 0 Å². The second kappa shape index (κ2) is 5.60. The van der Waals surface area contributed by atoms with Crippen LogP contribution in [0.5, 0.6) is 0 Å². The zero-order valence-electron chi connectivity index (χ0n) is 10.8. The summed E-state index contributed by atoms with van der Waals surface area (Å²) in [5.41, 5.74) is -0.553. The van der Waals surface area contributed by atoms with Gasteiger partial charge in [0.25, 0.3) is 0 Å². The Labute approximate surface area is 126 Å². The minimum atomic E-state index is -4.55. The molecule has 0 fully saturated rings. The van der Waals surface area contributed by atoms with E-state index in [4.69, 9.17) is 0 Å². The smallest absolute Gasteiger partial charge is 0.289 e. The van der Waals surface area contributed by atoms with Crippen molar-refractivity contribution < 1.29 is 22.4 Å². The van der Waals surface area contributed by atoms with Crippen molar-refractivity contribution in [3.63, 3.8) is 0 Å². The summed E-state index contributed by atoms with van der Waals surface area (Å²) in [4.78, 5) is 12.4. The molecule has 0 N–H and O–H groups in total. The Morgan fingerprint density at radius 2 is 1.71 bits per heavy atom. The first-order valence-electron chi connectivity index (χ1n) is 5.88. The number of carbonyl (C=O) groups is 1. The summed E-state index contributed by atoms with van der Waals surface area (Å²) in [6.07, 6.45) is -4.55. The molecule has 0 saturated carbocycles. The lowest BCUT2D eigenvalue weighted by molar-refractivity contribution is -0.137. The van der Waals surface area contributed by atoms with Crippen molar-refractivity contribution in [2.45, 2.75) is 13.1 Å². The van der Waals surface area contributed by atoms with E-state index in [0.717, 1.165) is 24.3 Å². The van der Waals surface area contributed by atoms with E-state index in [-0.39, 0.29) is 15.6 Å². The number of hydrogen-bond donors (Lipinski definition) is 0. The third-order valence-corrected chi connectivity index (χ3v) is 3.67. The van der Waals surface area contributed by atoms with Crippen molar-refractivity contribution in [1.82, 2.24) is 0 Å². The monoisotopic (exact) mass is 360 g/mol. The molecule has 0 spiro atoms. The second-order valence-electron chi connectivity index (χ2n) is 4.48. The van der Waals surface area contributed by atoms with Crippen molar-refractivity contribution in [3.8, 4) is 0 Å². The summed E-state index contributed by atoms with van der Waals surface area (Å²) in [5, 5.41) is 0. The predicted molar refractivity (Wildman–Crippen MR) is 73.7 cm³/mol. The van der Waals surface area contributed by atoms with Crippen LogP contribution < -0.4 is 0 Å². The maximum absolute atomic E-state index is 13.2. The molecule has 0 aromatic heterocycles. The van der Waals surface area contributed by atoms with Crippen LogP contribution in [0.3, 0.4) is 0 Å². The Kier molecular flexibility index (Phi) is 4.18. The fourth-order valence-electron chi connectivity index (χ4n) is 1.86. The first-order valence-corrected chi connectivity index (χ1v) is 6.67. The van der Waals surface area contributed by atoms with Crippen molar-refractivity contribution in [2.75, 3.05) is 0 Å². The average molecular weight is 361 g/mol. The van der Waals surface area contributed by atoms with Crippen molar-refractivity contribution in [1.29, 1.82) is 0 Å². The van der Waals surface area contributed by atoms with Crippen LogP contribution in [0.4, 0.5) is 17.6 Å². The van der Waals surface area contributed by atoms with Gasteiger partial charge in [-0.1, -0.05) is 22.0 Å². The van der Waals surface area contributed by atoms with Crippen molar-refractivity contribution in [2.24, 2.45) is 0 Å². The van der Waals surface area contributed by atoms with E-state index in [0.29, 0.717) is 5.56 Å². The van der Waals surface area contributed by atoms with Crippen LogP contribution in [0.15, 0.2) is 40.9 Å². The van der Waals surface area contributed by atoms with Gasteiger partial charge in [0, 0.05) is 15.6 Å². The summed E-state index contributed by atoms with van der Waals surface area (Å²) in [6.45, 7) is 1.59. The third-order valence-electron chi connectivity index (χ3n) is 2.98. The molecule has 0 aliphatic carbocycles. The molecule has 2 aromatic rings. The van der Waals surface area contributed by atoms with Gasteiger partial charge in [-0.15, -0.1) is 0 Å². The quantitative estimate of drug-likeness (QED) is 0.534. The van der Waals surface area contributed by atoms with Crippen molar-refractivity contribution >= 4 is 21.7 Å². The molecule has 110 valence electrons. The van der Waals surface area contributed by atoms with Crippen molar-refractivity contribution in [3.05, 3.63) is 68.9 Å². The van der Waals surface area contributed by atoms with E-state index in [2.05, 4.69) is 15.9 Å². The van der Waals surface area contributed by atoms with Crippen LogP contribution in [0, 0.1) is 12.7 Å². The molecule has 21 heavy (non-hydrogen) atoms. The van der Waals surface area contributed by atoms with Gasteiger partial charge in [-0.3, -0.25) is 4.79 Å². The van der Waals surface area contributed by atoms with Gasteiger partial charge in [0.1, 0.15) is 5.82 Å². The molecule has 0 saturated heterocycles. The number of benzene rings is 2. The van der Waals surface area contributed by atoms with Crippen LogP contribution >= 0.6 is 15.9 Å². The molecular weight excluding hydrogens is 352 g/mol. The van der Waals surface area contributed by atoms with E-state index < -0.39 is 23.3 Å². The first kappa shape index (κ1) is 15.7. The Morgan fingerprint density at radius 3 is 2.33 bits per heavy atom. The topological polar surface area (TPSA) is 17.1 Å². The number of hydrogen-bond acceptors (Lipinski definition) is 1. The van der Waals surface area contributed by atoms with Crippen LogP contribution in [0.25, 0.3) is 0 Å². The number of alkyl halides is 3. The molecule has 1 nitrogen and oxygen atoms in total. The summed E-state index contributed by atoms with van der Waals surface area (Å²) < 4.78 is 51.6. The summed E-state index contributed by atoms with van der Waals surface area (Å²) >= 11 is 3.06. The molecule has 0 unspecified atom stereocenters. The minimum absolute atomic E-state index is 0.0371. The molecule has 0 atom stereocenters. The summed E-state index contributed by atoms with van der Waals surface area (Å²) in [6, 6.07) is 6.41. The first-order chi connectivity index (χ1) is 9.70. The zero-order valence-corrected chi connectivity index (χ0v) is 12.3. The lowest BCUT2D eigenvalue weighted by Gasteiger charge is -2.11. The molecule has 0 aliphatic heterocycles. The number of halogens is 5. The van der Waals surface area contributed by atoms with Crippen LogP contribution in [-0.2, 0) is 6.18 Å². The third kappa shape index (κ3) is 3.32. The summed E-state index contributed by atoms with van der Waals surface area (Å²) in [7, 11) is 0. The fraction of sp³-hybridized carbons (Fsp3) is 0.133. The van der Waals surface area contributed by atoms with E-state index in [1.54, 1.807) is 6.92 Å². The Bertz CT molecular complexity index is 707. The van der Waals surface area contributed by atoms with Gasteiger partial charge in [0.2, 0.25) is 0 Å². The Hall–Kier alpha value is -1.69. The van der Waals surface area contributed by atoms with E-state index in [9.17, 15) is 22.4 Å². The Morgan fingerprint density at radius 1 is 1.05 bits per heavy atom. The highest BCUT2D eigenvalue weighted by molar-refractivity contribution is 9.10. The lowest BCUT2D eigenvalue weighted by Crippen LogP contribution is -2.10. The molecule has 0 aliphatic rings. The van der Waals surface area contributed by atoms with Gasteiger partial charge < -0.3 is 0 Å². The fourth-order valence-corrected chi connectivity index (χ4v) is 2.29. The maximum atomic E-state index is 13.2. The number of ketones is 1. The summed E-state index contributed by atoms with van der Waals surface area (Å²) in [5.74, 6) is -1.28. The normalized spacial score (nSPS) is 11.5. The average Bonchev–Trinajstić information content (AvgIpc) is 2.40. The molecule has 0 radical (unpaired) electrons. The number of rotatable bonds is 2. The zero-order chi connectivity index (χ0) is 15.8. The predicted octanol–water partition coefficient (Wildman–Crippen LogP) is 5.15. The SMILES string of the molecule is Cc1ccc(F)cc1C(=O)c1cc(C(F)(F)F)ccc1Br. The minimum Gasteiger partial charge on any atom is -0.289 e. The van der Waals surface area contributed by atoms with Gasteiger partial charge in [-0.25, -0.2) is 4.39 Å². The van der Waals surface area contributed by atoms with Crippen LogP contribution in [0.1, 0.15) is 27.0 Å². The Balaban J connectivity index is 2.55. The van der Waals surface area contributed by atoms with Gasteiger partial charge >= 0.3 is 6.18 Å². The molecular formula is C15H9BrF4O. The highest BCUT2D eigenvalue weighted by atomic mass is 79.9. The molecule has 0 heterocycles. The van der Waals surface area contributed by atoms with E-state index in [1.165, 1.54) is 12.1 Å². The number of carbonyl (C=O) groups excluding carboxylic acids is 1. The highest BCUT2D eigenvalue weighted by Gasteiger charge is 2.31. The molecule has 6 heteroatoms. The van der Waals surface area contributed by atoms with Crippen LogP contribution in [-0.4, -0.2) is 5.78 Å². The highest BCUT2D eigenvalue weighted by Crippen LogP contribution is 2.33. The van der Waals surface area contributed by atoms with Gasteiger partial charge in [0.05, 0.1) is 5.56 Å². The standard InChI is InChI=1S/C15H9BrF4O/c1-8-2-4-10(17)7-11(8)14(21)12-6-9(15(18,19)20)3-5-13(12)16/h2-7H,1H3. The van der Waals surface area contributed by atoms with Gasteiger partial charge in [-0.05, 0) is 42.8 Å². The second-order valence-corrected chi connectivity index (χ2v) is 5.34. The number of aryl methyl sites for hydroxylation is 1. The van der Waals surface area contributed by atoms with Gasteiger partial charge in [0.15, 0.2) is 5.78 Å². The van der Waals surface area contributed by atoms with Gasteiger partial charge in [-0.2, -0.15) is 13.2 Å². The molecule has 2 rings (SSSR count). The largest absolute Gasteiger partial charge is 0.416 e. The van der Waals surface area contributed by atoms with Crippen LogP contribution in [0.2, 0.25) is 0 Å². The molecule has 0 bridgehead atoms. The lowest BCUT2D eigenvalue weighted by atomic mass is 9.97. The molecule has 2 aromatic carbocycles. The maximum Gasteiger partial charge on any atom is 0.416 e. The molecule has 0 amide bonds.